The molecular weight excluding hydrogens is 362 g/mol. The van der Waals surface area contributed by atoms with Gasteiger partial charge in [-0.3, -0.25) is 0 Å². The number of H-pyrrole nitrogens is 1. The van der Waals surface area contributed by atoms with Crippen LogP contribution in [0.3, 0.4) is 0 Å². The van der Waals surface area contributed by atoms with Crippen LogP contribution in [0.25, 0.3) is 11.2 Å². The molecule has 5 N–H and O–H groups in total. The average molecular weight is 387 g/mol. The second kappa shape index (κ2) is 9.18. The van der Waals surface area contributed by atoms with Gasteiger partial charge in [-0.2, -0.15) is 15.0 Å². The van der Waals surface area contributed by atoms with E-state index in [2.05, 4.69) is 30.2 Å². The van der Waals surface area contributed by atoms with Crippen molar-refractivity contribution in [2.45, 2.75) is 38.2 Å². The summed E-state index contributed by atoms with van der Waals surface area (Å²) in [6, 6.07) is 3.44. The van der Waals surface area contributed by atoms with E-state index in [9.17, 15) is 0 Å². The van der Waals surface area contributed by atoms with Crippen LogP contribution in [0, 0.1) is 0 Å². The number of nitrogens with two attached hydrogens (primary N) is 1. The van der Waals surface area contributed by atoms with Crippen molar-refractivity contribution in [3.05, 3.63) is 18.5 Å². The molecule has 4 rings (SSSR count). The summed E-state index contributed by atoms with van der Waals surface area (Å²) >= 11 is 0. The van der Waals surface area contributed by atoms with Crippen LogP contribution in [-0.2, 0) is 0 Å². The van der Waals surface area contributed by atoms with Crippen LogP contribution >= 0.6 is 0 Å². The average Bonchev–Trinajstić information content (AvgIpc) is 3.18. The molecule has 28 heavy (non-hydrogen) atoms. The summed E-state index contributed by atoms with van der Waals surface area (Å²) < 4.78 is 10.2. The maximum absolute atomic E-state index is 8.91. The fourth-order valence-electron chi connectivity index (χ4n) is 2.90. The summed E-state index contributed by atoms with van der Waals surface area (Å²) in [4.78, 5) is 19.5. The van der Waals surface area contributed by atoms with E-state index in [0.29, 0.717) is 40.4 Å². The minimum atomic E-state index is 0.0359. The lowest BCUT2D eigenvalue weighted by Gasteiger charge is -2.14. The number of imidazole rings is 1. The molecule has 1 saturated carbocycles. The van der Waals surface area contributed by atoms with Gasteiger partial charge in [-0.25, -0.2) is 4.98 Å². The number of methoxy groups -OCH3 is 2. The lowest BCUT2D eigenvalue weighted by atomic mass is 9.98. The molecular formula is C18H25N7O3. The van der Waals surface area contributed by atoms with Gasteiger partial charge in [0.1, 0.15) is 11.2 Å². The lowest BCUT2D eigenvalue weighted by Crippen LogP contribution is -2.09. The number of pyridine rings is 1. The van der Waals surface area contributed by atoms with Crippen LogP contribution in [0.1, 0.15) is 32.1 Å². The van der Waals surface area contributed by atoms with Crippen molar-refractivity contribution in [3.63, 3.8) is 0 Å². The molecule has 1 fully saturated rings. The topological polar surface area (TPSA) is 144 Å². The zero-order chi connectivity index (χ0) is 19.9. The summed E-state index contributed by atoms with van der Waals surface area (Å²) in [7, 11) is 3.04. The van der Waals surface area contributed by atoms with E-state index >= 15 is 0 Å². The monoisotopic (exact) mass is 387 g/mol. The molecule has 0 bridgehead atoms. The Bertz CT molecular complexity index is 909. The normalized spacial score (nSPS) is 14.2. The van der Waals surface area contributed by atoms with Crippen molar-refractivity contribution < 1.29 is 14.6 Å². The molecule has 0 aliphatic heterocycles. The minimum absolute atomic E-state index is 0.0359. The molecule has 10 heteroatoms. The number of nitrogen functional groups attached to an aromatic ring is 1. The Balaban J connectivity index is 0.000000271. The molecule has 10 nitrogen and oxygen atoms in total. The SMILES string of the molecule is COc1ccc(Nc2nc(N)c3[nH]cnc3n2)c(OC)n1.OC1CCCCC1. The van der Waals surface area contributed by atoms with E-state index in [1.165, 1.54) is 39.8 Å². The van der Waals surface area contributed by atoms with Gasteiger partial charge < -0.3 is 30.6 Å². The highest BCUT2D eigenvalue weighted by atomic mass is 16.5. The number of aromatic amines is 1. The number of anilines is 3. The second-order valence-corrected chi connectivity index (χ2v) is 6.36. The fraction of sp³-hybridized carbons (Fsp3) is 0.444. The Labute approximate surface area is 162 Å². The maximum Gasteiger partial charge on any atom is 0.240 e. The summed E-state index contributed by atoms with van der Waals surface area (Å²) in [5.41, 5.74) is 7.51. The first-order valence-corrected chi connectivity index (χ1v) is 9.11. The third-order valence-electron chi connectivity index (χ3n) is 4.37. The summed E-state index contributed by atoms with van der Waals surface area (Å²) in [6.07, 6.45) is 7.43. The smallest absolute Gasteiger partial charge is 0.240 e. The molecule has 0 amide bonds. The van der Waals surface area contributed by atoms with Crippen LogP contribution in [0.4, 0.5) is 17.5 Å². The van der Waals surface area contributed by atoms with E-state index in [-0.39, 0.29) is 6.10 Å². The number of nitrogens with zero attached hydrogens (tertiary/aromatic N) is 4. The Morgan fingerprint density at radius 1 is 1.11 bits per heavy atom. The first-order valence-electron chi connectivity index (χ1n) is 9.11. The molecule has 0 spiro atoms. The van der Waals surface area contributed by atoms with Crippen LogP contribution < -0.4 is 20.5 Å². The molecule has 0 saturated heterocycles. The van der Waals surface area contributed by atoms with Gasteiger partial charge in [0.25, 0.3) is 0 Å². The van der Waals surface area contributed by atoms with Crippen LogP contribution in [0.2, 0.25) is 0 Å². The quantitative estimate of drug-likeness (QED) is 0.530. The lowest BCUT2D eigenvalue weighted by molar-refractivity contribution is 0.130. The predicted molar refractivity (Wildman–Crippen MR) is 106 cm³/mol. The van der Waals surface area contributed by atoms with E-state index in [1.807, 2.05) is 0 Å². The number of nitrogens with one attached hydrogen (secondary N) is 2. The van der Waals surface area contributed by atoms with Crippen LogP contribution in [0.15, 0.2) is 18.5 Å². The number of aromatic nitrogens is 5. The highest BCUT2D eigenvalue weighted by molar-refractivity contribution is 5.82. The standard InChI is InChI=1S/C12H13N7O2.C6H12O/c1-20-7-4-3-6(11(17-7)21-2)16-12-18-9(13)8-10(19-12)15-5-14-8;7-6-4-2-1-3-5-6/h3-5H,1-2H3,(H4,13,14,15,16,18,19);6-7H,1-5H2. The third-order valence-corrected chi connectivity index (χ3v) is 4.37. The van der Waals surface area contributed by atoms with E-state index < -0.39 is 0 Å². The molecule has 1 aliphatic rings. The summed E-state index contributed by atoms with van der Waals surface area (Å²) in [5.74, 6) is 1.41. The Kier molecular flexibility index (Phi) is 6.43. The Hall–Kier alpha value is -3.14. The van der Waals surface area contributed by atoms with Gasteiger partial charge in [-0.1, -0.05) is 19.3 Å². The zero-order valence-electron chi connectivity index (χ0n) is 16.0. The van der Waals surface area contributed by atoms with Crippen molar-refractivity contribution in [2.24, 2.45) is 0 Å². The van der Waals surface area contributed by atoms with Crippen molar-refractivity contribution in [1.82, 2.24) is 24.9 Å². The molecule has 1 aliphatic carbocycles. The molecule has 0 atom stereocenters. The number of hydrogen-bond donors (Lipinski definition) is 4. The molecule has 0 unspecified atom stereocenters. The largest absolute Gasteiger partial charge is 0.481 e. The minimum Gasteiger partial charge on any atom is -0.481 e. The van der Waals surface area contributed by atoms with Crippen molar-refractivity contribution in [3.8, 4) is 11.8 Å². The summed E-state index contributed by atoms with van der Waals surface area (Å²) in [6.45, 7) is 0. The van der Waals surface area contributed by atoms with Crippen LogP contribution in [0.5, 0.6) is 11.8 Å². The fourth-order valence-corrected chi connectivity index (χ4v) is 2.90. The van der Waals surface area contributed by atoms with Gasteiger partial charge in [0.05, 0.1) is 26.7 Å². The number of aliphatic hydroxyl groups excluding tert-OH is 1. The van der Waals surface area contributed by atoms with Gasteiger partial charge in [-0.15, -0.1) is 0 Å². The van der Waals surface area contributed by atoms with E-state index in [4.69, 9.17) is 20.3 Å². The number of rotatable bonds is 4. The van der Waals surface area contributed by atoms with Crippen molar-refractivity contribution >= 4 is 28.6 Å². The molecule has 3 aromatic rings. The molecule has 3 heterocycles. The third kappa shape index (κ3) is 4.77. The van der Waals surface area contributed by atoms with Gasteiger partial charge >= 0.3 is 0 Å². The number of fused-ring (bicyclic) bond motifs is 1. The maximum atomic E-state index is 8.91. The van der Waals surface area contributed by atoms with Crippen LogP contribution in [-0.4, -0.2) is 50.3 Å². The molecule has 0 radical (unpaired) electrons. The number of ether oxygens (including phenoxy) is 2. The molecule has 150 valence electrons. The Morgan fingerprint density at radius 3 is 2.54 bits per heavy atom. The van der Waals surface area contributed by atoms with E-state index in [1.54, 1.807) is 12.1 Å². The van der Waals surface area contributed by atoms with Gasteiger partial charge in [0.15, 0.2) is 11.5 Å². The van der Waals surface area contributed by atoms with Gasteiger partial charge in [0.2, 0.25) is 17.7 Å². The van der Waals surface area contributed by atoms with E-state index in [0.717, 1.165) is 12.8 Å². The number of hydrogen-bond acceptors (Lipinski definition) is 9. The van der Waals surface area contributed by atoms with Crippen molar-refractivity contribution in [1.29, 1.82) is 0 Å². The van der Waals surface area contributed by atoms with Gasteiger partial charge in [0, 0.05) is 6.07 Å². The molecule has 3 aromatic heterocycles. The highest BCUT2D eigenvalue weighted by Gasteiger charge is 2.11. The second-order valence-electron chi connectivity index (χ2n) is 6.36. The number of aliphatic hydroxyl groups is 1. The van der Waals surface area contributed by atoms with Crippen molar-refractivity contribution in [2.75, 3.05) is 25.3 Å². The summed E-state index contributed by atoms with van der Waals surface area (Å²) in [5, 5.41) is 11.9. The molecule has 0 aromatic carbocycles. The zero-order valence-corrected chi connectivity index (χ0v) is 16.0. The Morgan fingerprint density at radius 2 is 1.89 bits per heavy atom. The first kappa shape index (κ1) is 19.6. The predicted octanol–water partition coefficient (Wildman–Crippen LogP) is 2.40. The van der Waals surface area contributed by atoms with Gasteiger partial charge in [-0.05, 0) is 18.9 Å². The highest BCUT2D eigenvalue weighted by Crippen LogP contribution is 2.27. The first-order chi connectivity index (χ1) is 13.6.